The fourth-order valence-corrected chi connectivity index (χ4v) is 5.42. The maximum atomic E-state index is 13.0. The SMILES string of the molecule is COc1cccc2c1CC[C@H]1CN(CCn3c(=O)[nH]c4cccc(C)c4c3=O)C[C@@H]21. The molecule has 2 aliphatic rings. The van der Waals surface area contributed by atoms with Crippen LogP contribution in [0.5, 0.6) is 5.75 Å². The molecular weight excluding hydrogens is 378 g/mol. The number of likely N-dealkylation sites (tertiary alicyclic amines) is 1. The largest absolute Gasteiger partial charge is 0.496 e. The van der Waals surface area contributed by atoms with Crippen molar-refractivity contribution in [3.05, 3.63) is 73.9 Å². The Kier molecular flexibility index (Phi) is 4.74. The first-order chi connectivity index (χ1) is 14.6. The van der Waals surface area contributed by atoms with E-state index in [4.69, 9.17) is 4.74 Å². The molecule has 0 saturated carbocycles. The quantitative estimate of drug-likeness (QED) is 0.725. The molecule has 0 amide bonds. The summed E-state index contributed by atoms with van der Waals surface area (Å²) in [6, 6.07) is 11.9. The molecule has 6 nitrogen and oxygen atoms in total. The lowest BCUT2D eigenvalue weighted by molar-refractivity contribution is 0.303. The second-order valence-corrected chi connectivity index (χ2v) is 8.58. The number of ether oxygens (including phenoxy) is 1. The van der Waals surface area contributed by atoms with Crippen molar-refractivity contribution in [2.45, 2.75) is 32.2 Å². The van der Waals surface area contributed by atoms with Crippen molar-refractivity contribution in [1.29, 1.82) is 0 Å². The van der Waals surface area contributed by atoms with Gasteiger partial charge in [0.15, 0.2) is 0 Å². The smallest absolute Gasteiger partial charge is 0.328 e. The number of aromatic amines is 1. The van der Waals surface area contributed by atoms with Crippen LogP contribution in [0.1, 0.15) is 29.0 Å². The van der Waals surface area contributed by atoms with Gasteiger partial charge in [0.05, 0.1) is 18.0 Å². The number of H-pyrrole nitrogens is 1. The number of aryl methyl sites for hydroxylation is 1. The third kappa shape index (κ3) is 3.06. The molecule has 0 unspecified atom stereocenters. The standard InChI is InChI=1S/C24H27N3O3/c1-15-5-3-7-20-22(15)23(28)27(24(29)25-20)12-11-26-13-16-9-10-18-17(19(16)14-26)6-4-8-21(18)30-2/h3-8,16,19H,9-14H2,1-2H3,(H,25,29)/t16-,19+/m0/s1. The van der Waals surface area contributed by atoms with Gasteiger partial charge < -0.3 is 14.6 Å². The summed E-state index contributed by atoms with van der Waals surface area (Å²) >= 11 is 0. The molecule has 6 heteroatoms. The highest BCUT2D eigenvalue weighted by Crippen LogP contribution is 2.43. The number of methoxy groups -OCH3 is 1. The minimum absolute atomic E-state index is 0.196. The number of rotatable bonds is 4. The van der Waals surface area contributed by atoms with Crippen LogP contribution in [0, 0.1) is 12.8 Å². The molecule has 1 aliphatic heterocycles. The molecule has 2 heterocycles. The molecule has 1 fully saturated rings. The van der Waals surface area contributed by atoms with E-state index < -0.39 is 0 Å². The van der Waals surface area contributed by atoms with Crippen LogP contribution in [0.15, 0.2) is 46.0 Å². The lowest BCUT2D eigenvalue weighted by atomic mass is 9.77. The molecule has 3 aromatic rings. The van der Waals surface area contributed by atoms with E-state index in [2.05, 4.69) is 22.0 Å². The zero-order valence-electron chi connectivity index (χ0n) is 17.5. The van der Waals surface area contributed by atoms with Gasteiger partial charge in [0, 0.05) is 32.1 Å². The van der Waals surface area contributed by atoms with Gasteiger partial charge in [0.25, 0.3) is 5.56 Å². The van der Waals surface area contributed by atoms with Crippen molar-refractivity contribution < 1.29 is 4.74 Å². The van der Waals surface area contributed by atoms with E-state index in [9.17, 15) is 9.59 Å². The molecule has 1 aliphatic carbocycles. The lowest BCUT2D eigenvalue weighted by Crippen LogP contribution is -2.39. The lowest BCUT2D eigenvalue weighted by Gasteiger charge is -2.28. The van der Waals surface area contributed by atoms with Crippen molar-refractivity contribution in [1.82, 2.24) is 14.5 Å². The van der Waals surface area contributed by atoms with Gasteiger partial charge in [-0.05, 0) is 54.5 Å². The predicted octanol–water partition coefficient (Wildman–Crippen LogP) is 2.67. The fourth-order valence-electron chi connectivity index (χ4n) is 5.42. The Morgan fingerprint density at radius 1 is 1.10 bits per heavy atom. The Morgan fingerprint density at radius 3 is 2.77 bits per heavy atom. The fraction of sp³-hybridized carbons (Fsp3) is 0.417. The topological polar surface area (TPSA) is 67.3 Å². The number of nitrogens with zero attached hydrogens (tertiary/aromatic N) is 2. The van der Waals surface area contributed by atoms with Crippen LogP contribution < -0.4 is 16.0 Å². The molecule has 30 heavy (non-hydrogen) atoms. The predicted molar refractivity (Wildman–Crippen MR) is 118 cm³/mol. The summed E-state index contributed by atoms with van der Waals surface area (Å²) in [4.78, 5) is 30.8. The second-order valence-electron chi connectivity index (χ2n) is 8.58. The minimum atomic E-state index is -0.329. The number of benzene rings is 2. The van der Waals surface area contributed by atoms with E-state index in [0.29, 0.717) is 35.8 Å². The molecule has 1 saturated heterocycles. The Morgan fingerprint density at radius 2 is 1.93 bits per heavy atom. The van der Waals surface area contributed by atoms with Gasteiger partial charge >= 0.3 is 5.69 Å². The average Bonchev–Trinajstić information content (AvgIpc) is 3.16. The third-order valence-electron chi connectivity index (χ3n) is 6.93. The van der Waals surface area contributed by atoms with E-state index in [0.717, 1.165) is 37.2 Å². The van der Waals surface area contributed by atoms with Crippen molar-refractivity contribution in [2.75, 3.05) is 26.7 Å². The monoisotopic (exact) mass is 405 g/mol. The summed E-state index contributed by atoms with van der Waals surface area (Å²) in [6.45, 7) is 4.99. The van der Waals surface area contributed by atoms with E-state index in [-0.39, 0.29) is 11.2 Å². The molecule has 0 radical (unpaired) electrons. The van der Waals surface area contributed by atoms with Crippen LogP contribution in [-0.2, 0) is 13.0 Å². The first kappa shape index (κ1) is 19.1. The van der Waals surface area contributed by atoms with Gasteiger partial charge in [-0.3, -0.25) is 9.36 Å². The molecule has 0 bridgehead atoms. The minimum Gasteiger partial charge on any atom is -0.496 e. The van der Waals surface area contributed by atoms with Crippen molar-refractivity contribution in [3.8, 4) is 5.75 Å². The molecule has 2 aromatic carbocycles. The van der Waals surface area contributed by atoms with E-state index in [1.165, 1.54) is 15.7 Å². The van der Waals surface area contributed by atoms with Crippen molar-refractivity contribution >= 4 is 10.9 Å². The molecule has 1 aromatic heterocycles. The van der Waals surface area contributed by atoms with Gasteiger partial charge in [-0.25, -0.2) is 4.79 Å². The maximum absolute atomic E-state index is 13.0. The molecule has 2 atom stereocenters. The van der Waals surface area contributed by atoms with E-state index >= 15 is 0 Å². The van der Waals surface area contributed by atoms with Crippen LogP contribution in [0.2, 0.25) is 0 Å². The molecular formula is C24H27N3O3. The number of fused-ring (bicyclic) bond motifs is 4. The summed E-state index contributed by atoms with van der Waals surface area (Å²) < 4.78 is 6.93. The maximum Gasteiger partial charge on any atom is 0.328 e. The normalized spacial score (nSPS) is 20.9. The third-order valence-corrected chi connectivity index (χ3v) is 6.93. The van der Waals surface area contributed by atoms with Gasteiger partial charge in [-0.2, -0.15) is 0 Å². The van der Waals surface area contributed by atoms with Crippen LogP contribution in [0.25, 0.3) is 10.9 Å². The van der Waals surface area contributed by atoms with Gasteiger partial charge in [0.1, 0.15) is 5.75 Å². The van der Waals surface area contributed by atoms with Gasteiger partial charge in [-0.15, -0.1) is 0 Å². The van der Waals surface area contributed by atoms with Gasteiger partial charge in [0.2, 0.25) is 0 Å². The Labute approximate surface area is 175 Å². The molecule has 156 valence electrons. The highest BCUT2D eigenvalue weighted by Gasteiger charge is 2.38. The van der Waals surface area contributed by atoms with Crippen LogP contribution >= 0.6 is 0 Å². The number of hydrogen-bond donors (Lipinski definition) is 1. The Bertz CT molecular complexity index is 1230. The second kappa shape index (κ2) is 7.43. The molecule has 5 rings (SSSR count). The first-order valence-electron chi connectivity index (χ1n) is 10.7. The number of nitrogens with one attached hydrogen (secondary N) is 1. The summed E-state index contributed by atoms with van der Waals surface area (Å²) in [7, 11) is 1.74. The summed E-state index contributed by atoms with van der Waals surface area (Å²) in [5.74, 6) is 2.12. The van der Waals surface area contributed by atoms with E-state index in [1.54, 1.807) is 13.2 Å². The van der Waals surface area contributed by atoms with Crippen LogP contribution in [0.4, 0.5) is 0 Å². The summed E-state index contributed by atoms with van der Waals surface area (Å²) in [5.41, 5.74) is 3.73. The zero-order chi connectivity index (χ0) is 20.8. The zero-order valence-corrected chi connectivity index (χ0v) is 17.5. The average molecular weight is 405 g/mol. The Hall–Kier alpha value is -2.86. The highest BCUT2D eigenvalue weighted by atomic mass is 16.5. The number of aromatic nitrogens is 2. The van der Waals surface area contributed by atoms with Gasteiger partial charge in [-0.1, -0.05) is 24.3 Å². The molecule has 1 N–H and O–H groups in total. The van der Waals surface area contributed by atoms with E-state index in [1.807, 2.05) is 25.1 Å². The Balaban J connectivity index is 1.37. The number of hydrogen-bond acceptors (Lipinski definition) is 4. The molecule has 0 spiro atoms. The van der Waals surface area contributed by atoms with Crippen molar-refractivity contribution in [3.63, 3.8) is 0 Å². The first-order valence-corrected chi connectivity index (χ1v) is 10.7. The summed E-state index contributed by atoms with van der Waals surface area (Å²) in [5, 5.41) is 0.605. The van der Waals surface area contributed by atoms with Crippen LogP contribution in [-0.4, -0.2) is 41.2 Å². The summed E-state index contributed by atoms with van der Waals surface area (Å²) in [6.07, 6.45) is 2.21. The van der Waals surface area contributed by atoms with Crippen LogP contribution in [0.3, 0.4) is 0 Å². The van der Waals surface area contributed by atoms with Crippen molar-refractivity contribution in [2.24, 2.45) is 5.92 Å². The highest BCUT2D eigenvalue weighted by molar-refractivity contribution is 5.80.